The monoisotopic (exact) mass is 809 g/mol. The molecular formula is C58H55N3O. The van der Waals surface area contributed by atoms with Crippen LogP contribution in [0.1, 0.15) is 79.0 Å². The number of benzene rings is 7. The van der Waals surface area contributed by atoms with Crippen LogP contribution >= 0.6 is 0 Å². The lowest BCUT2D eigenvalue weighted by Gasteiger charge is -2.27. The molecule has 0 bridgehead atoms. The largest absolute Gasteiger partial charge is 0.507 e. The van der Waals surface area contributed by atoms with Gasteiger partial charge in [0.2, 0.25) is 0 Å². The van der Waals surface area contributed by atoms with Crippen molar-refractivity contribution in [2.45, 2.75) is 78.6 Å². The third kappa shape index (κ3) is 7.49. The lowest BCUT2D eigenvalue weighted by molar-refractivity contribution is 0.446. The second kappa shape index (κ2) is 15.3. The Hall–Kier alpha value is -6.78. The standard InChI is InChI=1S/C58H55N3O/c1-56(2,3)42-29-30-59-50(36-42)47-33-41(32-40-31-39(27-28-44(40)47)37-19-12-10-13-20-37)46-24-18-26-52-53(46)60-55(48-34-43(57(4,5)6)35-49(54(48)62)58(7,8)9)61(52)51-25-17-16-23-45(51)38-21-14-11-15-22-38/h10-36,62H,1-9H3. The molecule has 1 N–H and O–H groups in total. The first-order valence-corrected chi connectivity index (χ1v) is 21.7. The highest BCUT2D eigenvalue weighted by molar-refractivity contribution is 6.04. The maximum atomic E-state index is 12.5. The highest BCUT2D eigenvalue weighted by atomic mass is 16.3. The van der Waals surface area contributed by atoms with E-state index in [9.17, 15) is 5.11 Å². The second-order valence-electron chi connectivity index (χ2n) is 19.8. The molecule has 62 heavy (non-hydrogen) atoms. The maximum absolute atomic E-state index is 12.5. The number of hydrogen-bond donors (Lipinski definition) is 1. The first-order chi connectivity index (χ1) is 29.6. The molecule has 0 amide bonds. The molecule has 0 atom stereocenters. The molecule has 0 saturated heterocycles. The summed E-state index contributed by atoms with van der Waals surface area (Å²) in [7, 11) is 0. The third-order valence-electron chi connectivity index (χ3n) is 12.2. The first-order valence-electron chi connectivity index (χ1n) is 21.7. The van der Waals surface area contributed by atoms with Crippen LogP contribution in [-0.2, 0) is 16.2 Å². The number of aromatic nitrogens is 3. The summed E-state index contributed by atoms with van der Waals surface area (Å²) in [6.07, 6.45) is 1.94. The molecule has 0 unspecified atom stereocenters. The molecule has 9 rings (SSSR count). The predicted octanol–water partition coefficient (Wildman–Crippen LogP) is 15.5. The Bertz CT molecular complexity index is 3120. The van der Waals surface area contributed by atoms with Crippen LogP contribution in [-0.4, -0.2) is 19.6 Å². The third-order valence-corrected chi connectivity index (χ3v) is 12.2. The molecule has 0 radical (unpaired) electrons. The summed E-state index contributed by atoms with van der Waals surface area (Å²) in [4.78, 5) is 10.7. The van der Waals surface area contributed by atoms with Gasteiger partial charge in [0, 0.05) is 28.5 Å². The van der Waals surface area contributed by atoms with Crippen LogP contribution in [0.3, 0.4) is 0 Å². The molecule has 7 aromatic carbocycles. The molecule has 0 saturated carbocycles. The second-order valence-corrected chi connectivity index (χ2v) is 19.8. The summed E-state index contributed by atoms with van der Waals surface area (Å²) in [6, 6.07) is 56.2. The van der Waals surface area contributed by atoms with E-state index < -0.39 is 0 Å². The van der Waals surface area contributed by atoms with E-state index in [4.69, 9.17) is 9.97 Å². The lowest BCUT2D eigenvalue weighted by atomic mass is 9.79. The van der Waals surface area contributed by atoms with Crippen LogP contribution in [0.4, 0.5) is 0 Å². The van der Waals surface area contributed by atoms with Gasteiger partial charge >= 0.3 is 0 Å². The van der Waals surface area contributed by atoms with Gasteiger partial charge in [-0.05, 0) is 109 Å². The molecule has 2 aromatic heterocycles. The molecule has 4 heteroatoms. The fraction of sp³-hybridized carbons (Fsp3) is 0.207. The van der Waals surface area contributed by atoms with Gasteiger partial charge < -0.3 is 5.11 Å². The van der Waals surface area contributed by atoms with Gasteiger partial charge in [-0.2, -0.15) is 0 Å². The number of fused-ring (bicyclic) bond motifs is 2. The van der Waals surface area contributed by atoms with E-state index in [2.05, 4.69) is 225 Å². The molecule has 0 fully saturated rings. The van der Waals surface area contributed by atoms with Crippen molar-refractivity contribution in [3.8, 4) is 67.5 Å². The topological polar surface area (TPSA) is 50.9 Å². The van der Waals surface area contributed by atoms with E-state index in [0.29, 0.717) is 11.4 Å². The molecule has 0 spiro atoms. The molecule has 0 aliphatic carbocycles. The number of nitrogens with zero attached hydrogens (tertiary/aromatic N) is 3. The van der Waals surface area contributed by atoms with Crippen LogP contribution < -0.4 is 0 Å². The summed E-state index contributed by atoms with van der Waals surface area (Å²) in [5.41, 5.74) is 14.8. The van der Waals surface area contributed by atoms with E-state index in [1.54, 1.807) is 0 Å². The lowest BCUT2D eigenvalue weighted by Crippen LogP contribution is -2.17. The van der Waals surface area contributed by atoms with Gasteiger partial charge in [-0.15, -0.1) is 0 Å². The zero-order chi connectivity index (χ0) is 43.6. The maximum Gasteiger partial charge on any atom is 0.149 e. The highest BCUT2D eigenvalue weighted by Crippen LogP contribution is 2.46. The van der Waals surface area contributed by atoms with E-state index in [1.165, 1.54) is 11.1 Å². The minimum atomic E-state index is -0.317. The molecule has 4 nitrogen and oxygen atoms in total. The van der Waals surface area contributed by atoms with Gasteiger partial charge in [-0.25, -0.2) is 4.98 Å². The van der Waals surface area contributed by atoms with Gasteiger partial charge in [0.15, 0.2) is 0 Å². The first kappa shape index (κ1) is 40.6. The fourth-order valence-corrected chi connectivity index (χ4v) is 8.69. The number of aromatic hydroxyl groups is 1. The summed E-state index contributed by atoms with van der Waals surface area (Å²) < 4.78 is 2.26. The SMILES string of the molecule is CC(C)(C)c1ccnc(-c2cc(-c3cccc4c3nc(-c3cc(C(C)(C)C)cc(C(C)(C)C)c3O)n4-c3ccccc3-c3ccccc3)cc3cc(-c4ccccc4)ccc23)c1. The Morgan fingerprint density at radius 2 is 1.11 bits per heavy atom. The van der Waals surface area contributed by atoms with Gasteiger partial charge in [0.25, 0.3) is 0 Å². The van der Waals surface area contributed by atoms with Gasteiger partial charge in [-0.3, -0.25) is 9.55 Å². The van der Waals surface area contributed by atoms with Crippen molar-refractivity contribution in [2.75, 3.05) is 0 Å². The average molecular weight is 810 g/mol. The normalized spacial score (nSPS) is 12.3. The minimum Gasteiger partial charge on any atom is -0.507 e. The van der Waals surface area contributed by atoms with E-state index >= 15 is 0 Å². The van der Waals surface area contributed by atoms with Crippen LogP contribution in [0.5, 0.6) is 5.75 Å². The number of phenolic OH excluding ortho intramolecular Hbond substituents is 1. The summed E-state index contributed by atoms with van der Waals surface area (Å²) in [6.45, 7) is 19.9. The van der Waals surface area contributed by atoms with Gasteiger partial charge in [0.05, 0.1) is 28.0 Å². The van der Waals surface area contributed by atoms with Crippen molar-refractivity contribution in [1.29, 1.82) is 0 Å². The van der Waals surface area contributed by atoms with Crippen LogP contribution in [0.2, 0.25) is 0 Å². The van der Waals surface area contributed by atoms with Crippen molar-refractivity contribution in [3.05, 3.63) is 181 Å². The zero-order valence-corrected chi connectivity index (χ0v) is 37.4. The van der Waals surface area contributed by atoms with E-state index in [-0.39, 0.29) is 22.0 Å². The number of hydrogen-bond acceptors (Lipinski definition) is 3. The van der Waals surface area contributed by atoms with E-state index in [1.807, 2.05) is 6.20 Å². The fourth-order valence-electron chi connectivity index (χ4n) is 8.69. The molecule has 0 aliphatic rings. The Labute approximate surface area is 366 Å². The number of para-hydroxylation sites is 2. The van der Waals surface area contributed by atoms with Crippen molar-refractivity contribution in [2.24, 2.45) is 0 Å². The highest BCUT2D eigenvalue weighted by Gasteiger charge is 2.29. The van der Waals surface area contributed by atoms with Crippen LogP contribution in [0.25, 0.3) is 83.5 Å². The van der Waals surface area contributed by atoms with Crippen LogP contribution in [0, 0.1) is 0 Å². The Balaban J connectivity index is 1.38. The van der Waals surface area contributed by atoms with Crippen molar-refractivity contribution >= 4 is 21.8 Å². The van der Waals surface area contributed by atoms with E-state index in [0.717, 1.165) is 77.7 Å². The zero-order valence-electron chi connectivity index (χ0n) is 37.4. The van der Waals surface area contributed by atoms with Crippen molar-refractivity contribution < 1.29 is 5.11 Å². The van der Waals surface area contributed by atoms with Crippen LogP contribution in [0.15, 0.2) is 164 Å². The van der Waals surface area contributed by atoms with Crippen molar-refractivity contribution in [3.63, 3.8) is 0 Å². The molecular weight excluding hydrogens is 755 g/mol. The Morgan fingerprint density at radius 3 is 1.81 bits per heavy atom. The molecule has 308 valence electrons. The predicted molar refractivity (Wildman–Crippen MR) is 261 cm³/mol. The minimum absolute atomic E-state index is 0.0425. The molecule has 9 aromatic rings. The molecule has 0 aliphatic heterocycles. The summed E-state index contributed by atoms with van der Waals surface area (Å²) in [5, 5.41) is 14.7. The van der Waals surface area contributed by atoms with Crippen molar-refractivity contribution in [1.82, 2.24) is 14.5 Å². The summed E-state index contributed by atoms with van der Waals surface area (Å²) in [5.74, 6) is 0.948. The number of rotatable bonds is 6. The quantitative estimate of drug-likeness (QED) is 0.182. The Kier molecular flexibility index (Phi) is 10.0. The number of phenols is 1. The smallest absolute Gasteiger partial charge is 0.149 e. The molecule has 2 heterocycles. The Morgan fingerprint density at radius 1 is 0.468 bits per heavy atom. The van der Waals surface area contributed by atoms with Gasteiger partial charge in [0.1, 0.15) is 11.6 Å². The summed E-state index contributed by atoms with van der Waals surface area (Å²) >= 11 is 0. The number of pyridine rings is 1. The average Bonchev–Trinajstić information content (AvgIpc) is 3.65. The number of imidazole rings is 1. The van der Waals surface area contributed by atoms with Gasteiger partial charge in [-0.1, -0.05) is 172 Å².